The maximum Gasteiger partial charge on any atom is 0.306 e. The number of carbonyl (C=O) groups excluding carboxylic acids is 2. The van der Waals surface area contributed by atoms with Gasteiger partial charge in [0.1, 0.15) is 5.75 Å². The topological polar surface area (TPSA) is 83.9 Å². The van der Waals surface area contributed by atoms with E-state index in [0.717, 1.165) is 0 Å². The van der Waals surface area contributed by atoms with Gasteiger partial charge in [-0.25, -0.2) is 0 Å². The summed E-state index contributed by atoms with van der Waals surface area (Å²) in [5, 5.41) is 8.85. The van der Waals surface area contributed by atoms with Gasteiger partial charge in [-0.15, -0.1) is 0 Å². The van der Waals surface area contributed by atoms with Crippen molar-refractivity contribution in [1.82, 2.24) is 0 Å². The fourth-order valence-electron chi connectivity index (χ4n) is 2.17. The molecule has 0 aromatic heterocycles. The number of likely N-dealkylation sites (N-methyl/N-ethyl adjacent to an activating group) is 1. The van der Waals surface area contributed by atoms with Crippen LogP contribution < -0.4 is 9.64 Å². The Labute approximate surface area is 122 Å². The molecule has 2 atom stereocenters. The maximum atomic E-state index is 12.1. The lowest BCUT2D eigenvalue weighted by Crippen LogP contribution is -2.42. The highest BCUT2D eigenvalue weighted by Gasteiger charge is 2.29. The largest absolute Gasteiger partial charge is 0.481 e. The molecule has 21 heavy (non-hydrogen) atoms. The second-order valence-corrected chi connectivity index (χ2v) is 5.21. The van der Waals surface area contributed by atoms with Gasteiger partial charge in [-0.3, -0.25) is 14.4 Å². The number of hydrogen-bond acceptors (Lipinski definition) is 4. The lowest BCUT2D eigenvalue weighted by molar-refractivity contribution is -0.141. The third-order valence-corrected chi connectivity index (χ3v) is 3.54. The summed E-state index contributed by atoms with van der Waals surface area (Å²) in [5.41, 5.74) is 0.895. The number of hydrogen-bond donors (Lipinski definition) is 1. The third-order valence-electron chi connectivity index (χ3n) is 3.54. The minimum atomic E-state index is -1.01. The normalized spacial score (nSPS) is 18.7. The third kappa shape index (κ3) is 2.89. The summed E-state index contributed by atoms with van der Waals surface area (Å²) in [4.78, 5) is 36.2. The number of benzene rings is 1. The van der Waals surface area contributed by atoms with Gasteiger partial charge in [0.25, 0.3) is 5.91 Å². The molecule has 0 spiro atoms. The Morgan fingerprint density at radius 1 is 1.43 bits per heavy atom. The molecule has 0 fully saturated rings. The van der Waals surface area contributed by atoms with Gasteiger partial charge in [-0.2, -0.15) is 0 Å². The summed E-state index contributed by atoms with van der Waals surface area (Å²) in [6.45, 7) is 3.15. The van der Waals surface area contributed by atoms with E-state index in [0.29, 0.717) is 17.0 Å². The number of carboxylic acids is 1. The van der Waals surface area contributed by atoms with Gasteiger partial charge in [0.05, 0.1) is 11.6 Å². The fourth-order valence-corrected chi connectivity index (χ4v) is 2.17. The molecule has 1 aromatic carbocycles. The molecule has 6 heteroatoms. The molecule has 0 bridgehead atoms. The van der Waals surface area contributed by atoms with E-state index < -0.39 is 18.0 Å². The van der Waals surface area contributed by atoms with E-state index in [2.05, 4.69) is 0 Å². The van der Waals surface area contributed by atoms with E-state index in [4.69, 9.17) is 9.84 Å². The summed E-state index contributed by atoms with van der Waals surface area (Å²) < 4.78 is 5.47. The smallest absolute Gasteiger partial charge is 0.306 e. The number of nitrogens with zero attached hydrogens (tertiary/aromatic N) is 1. The number of anilines is 1. The zero-order chi connectivity index (χ0) is 15.7. The minimum Gasteiger partial charge on any atom is -0.481 e. The summed E-state index contributed by atoms with van der Waals surface area (Å²) in [6.07, 6.45) is -0.639. The monoisotopic (exact) mass is 291 g/mol. The maximum absolute atomic E-state index is 12.1. The molecular weight excluding hydrogens is 274 g/mol. The van der Waals surface area contributed by atoms with Crippen LogP contribution in [0.5, 0.6) is 5.75 Å². The lowest BCUT2D eigenvalue weighted by atomic mass is 9.99. The van der Waals surface area contributed by atoms with Crippen molar-refractivity contribution in [3.63, 3.8) is 0 Å². The number of Topliss-reactive ketones (excluding diaryl/α,β-unsaturated/α-hetero) is 1. The first-order valence-electron chi connectivity index (χ1n) is 6.65. The van der Waals surface area contributed by atoms with Gasteiger partial charge in [0, 0.05) is 19.0 Å². The second-order valence-electron chi connectivity index (χ2n) is 5.21. The van der Waals surface area contributed by atoms with Gasteiger partial charge in [-0.05, 0) is 25.1 Å². The van der Waals surface area contributed by atoms with Gasteiger partial charge in [0.15, 0.2) is 11.9 Å². The SMILES string of the molecule is CC(CC(=O)c1ccc2c(c1)N(C)C(=O)C(C)O2)C(=O)O. The first kappa shape index (κ1) is 15.0. The Morgan fingerprint density at radius 2 is 2.10 bits per heavy atom. The van der Waals surface area contributed by atoms with E-state index in [9.17, 15) is 14.4 Å². The molecule has 0 saturated heterocycles. The lowest BCUT2D eigenvalue weighted by Gasteiger charge is -2.30. The second kappa shape index (κ2) is 5.55. The quantitative estimate of drug-likeness (QED) is 0.854. The average molecular weight is 291 g/mol. The molecule has 1 aromatic rings. The Bertz CT molecular complexity index is 610. The highest BCUT2D eigenvalue weighted by molar-refractivity contribution is 6.03. The van der Waals surface area contributed by atoms with Crippen LogP contribution in [0.25, 0.3) is 0 Å². The Kier molecular flexibility index (Phi) is 3.97. The number of ether oxygens (including phenoxy) is 1. The molecule has 112 valence electrons. The molecule has 0 aliphatic carbocycles. The van der Waals surface area contributed by atoms with Crippen molar-refractivity contribution < 1.29 is 24.2 Å². The van der Waals surface area contributed by atoms with Crippen molar-refractivity contribution >= 4 is 23.3 Å². The first-order valence-corrected chi connectivity index (χ1v) is 6.65. The Morgan fingerprint density at radius 3 is 2.71 bits per heavy atom. The van der Waals surface area contributed by atoms with Crippen LogP contribution in [0.2, 0.25) is 0 Å². The van der Waals surface area contributed by atoms with Gasteiger partial charge in [-0.1, -0.05) is 6.92 Å². The van der Waals surface area contributed by atoms with Gasteiger partial charge >= 0.3 is 5.97 Å². The standard InChI is InChI=1S/C15H17NO5/c1-8(15(19)20)6-12(17)10-4-5-13-11(7-10)16(3)14(18)9(2)21-13/h4-5,7-9H,6H2,1-3H3,(H,19,20). The van der Waals surface area contributed by atoms with Crippen LogP contribution in [0.3, 0.4) is 0 Å². The molecule has 1 amide bonds. The summed E-state index contributed by atoms with van der Waals surface area (Å²) in [6, 6.07) is 4.79. The molecule has 2 unspecified atom stereocenters. The molecule has 1 aliphatic rings. The van der Waals surface area contributed by atoms with Crippen molar-refractivity contribution in [2.24, 2.45) is 5.92 Å². The highest BCUT2D eigenvalue weighted by atomic mass is 16.5. The van der Waals surface area contributed by atoms with Crippen molar-refractivity contribution in [2.75, 3.05) is 11.9 Å². The molecular formula is C15H17NO5. The van der Waals surface area contributed by atoms with Crippen LogP contribution in [0, 0.1) is 5.92 Å². The number of carboxylic acid groups (broad SMARTS) is 1. The first-order chi connectivity index (χ1) is 9.81. The van der Waals surface area contributed by atoms with Crippen LogP contribution in [0.4, 0.5) is 5.69 Å². The molecule has 0 saturated carbocycles. The van der Waals surface area contributed by atoms with Gasteiger partial charge < -0.3 is 14.7 Å². The van der Waals surface area contributed by atoms with Crippen molar-refractivity contribution in [3.05, 3.63) is 23.8 Å². The summed E-state index contributed by atoms with van der Waals surface area (Å²) in [7, 11) is 1.62. The molecule has 0 radical (unpaired) electrons. The van der Waals surface area contributed by atoms with E-state index in [1.165, 1.54) is 11.8 Å². The zero-order valence-corrected chi connectivity index (χ0v) is 12.1. The molecule has 6 nitrogen and oxygen atoms in total. The van der Waals surface area contributed by atoms with Gasteiger partial charge in [0.2, 0.25) is 0 Å². The summed E-state index contributed by atoms with van der Waals surface area (Å²) >= 11 is 0. The number of carbonyl (C=O) groups is 3. The van der Waals surface area contributed by atoms with Crippen LogP contribution in [-0.4, -0.2) is 35.9 Å². The molecule has 1 heterocycles. The number of ketones is 1. The number of aliphatic carboxylic acids is 1. The highest BCUT2D eigenvalue weighted by Crippen LogP contribution is 2.34. The molecule has 1 N–H and O–H groups in total. The zero-order valence-electron chi connectivity index (χ0n) is 12.1. The number of rotatable bonds is 4. The van der Waals surface area contributed by atoms with E-state index >= 15 is 0 Å². The van der Waals surface area contributed by atoms with Crippen LogP contribution in [0.15, 0.2) is 18.2 Å². The molecule has 1 aliphatic heterocycles. The van der Waals surface area contributed by atoms with Crippen LogP contribution in [0.1, 0.15) is 30.6 Å². The predicted molar refractivity (Wildman–Crippen MR) is 75.7 cm³/mol. The Balaban J connectivity index is 2.27. The van der Waals surface area contributed by atoms with Crippen molar-refractivity contribution in [2.45, 2.75) is 26.4 Å². The van der Waals surface area contributed by atoms with E-state index in [1.807, 2.05) is 0 Å². The molecule has 2 rings (SSSR count). The van der Waals surface area contributed by atoms with E-state index in [1.54, 1.807) is 32.2 Å². The number of amides is 1. The Hall–Kier alpha value is -2.37. The number of fused-ring (bicyclic) bond motifs is 1. The van der Waals surface area contributed by atoms with Crippen molar-refractivity contribution in [1.29, 1.82) is 0 Å². The van der Waals surface area contributed by atoms with Crippen LogP contribution >= 0.6 is 0 Å². The summed E-state index contributed by atoms with van der Waals surface area (Å²) in [5.74, 6) is -1.68. The minimum absolute atomic E-state index is 0.0803. The fraction of sp³-hybridized carbons (Fsp3) is 0.400. The average Bonchev–Trinajstić information content (AvgIpc) is 2.44. The van der Waals surface area contributed by atoms with Crippen molar-refractivity contribution in [3.8, 4) is 5.75 Å². The predicted octanol–water partition coefficient (Wildman–Crippen LogP) is 1.72. The van der Waals surface area contributed by atoms with E-state index in [-0.39, 0.29) is 18.1 Å². The van der Waals surface area contributed by atoms with Crippen LogP contribution in [-0.2, 0) is 9.59 Å².